The predicted octanol–water partition coefficient (Wildman–Crippen LogP) is 7.05. The molecule has 0 saturated carbocycles. The normalized spacial score (nSPS) is 10.6. The molecular formula is C21H18ClIOS. The Hall–Kier alpha value is -1.17. The lowest BCUT2D eigenvalue weighted by Gasteiger charge is -2.08. The molecule has 128 valence electrons. The second-order valence-electron chi connectivity index (χ2n) is 5.54. The molecule has 3 aromatic rings. The van der Waals surface area contributed by atoms with E-state index in [1.54, 1.807) is 11.8 Å². The van der Waals surface area contributed by atoms with Crippen LogP contribution >= 0.6 is 46.0 Å². The highest BCUT2D eigenvalue weighted by Crippen LogP contribution is 2.32. The smallest absolute Gasteiger partial charge is 0.119 e. The van der Waals surface area contributed by atoms with Gasteiger partial charge in [0.05, 0.1) is 0 Å². The summed E-state index contributed by atoms with van der Waals surface area (Å²) in [6.07, 6.45) is 1.01. The van der Waals surface area contributed by atoms with Gasteiger partial charge in [0, 0.05) is 19.2 Å². The van der Waals surface area contributed by atoms with Gasteiger partial charge in [-0.1, -0.05) is 82.4 Å². The predicted molar refractivity (Wildman–Crippen MR) is 115 cm³/mol. The second kappa shape index (κ2) is 9.51. The van der Waals surface area contributed by atoms with Crippen LogP contribution < -0.4 is 4.74 Å². The van der Waals surface area contributed by atoms with E-state index in [0.29, 0.717) is 6.61 Å². The molecule has 0 bridgehead atoms. The molecule has 0 fully saturated rings. The first kappa shape index (κ1) is 18.6. The highest BCUT2D eigenvalue weighted by molar-refractivity contribution is 14.1. The van der Waals surface area contributed by atoms with E-state index < -0.39 is 0 Å². The van der Waals surface area contributed by atoms with Crippen LogP contribution in [0.2, 0.25) is 5.02 Å². The maximum atomic E-state index is 6.36. The number of hydrogen-bond donors (Lipinski definition) is 0. The zero-order chi connectivity index (χ0) is 17.5. The summed E-state index contributed by atoms with van der Waals surface area (Å²) >= 11 is 10.4. The molecular weight excluding hydrogens is 463 g/mol. The second-order valence-corrected chi connectivity index (χ2v) is 8.17. The van der Waals surface area contributed by atoms with Crippen molar-refractivity contribution >= 4 is 46.0 Å². The Morgan fingerprint density at radius 3 is 2.28 bits per heavy atom. The lowest BCUT2D eigenvalue weighted by molar-refractivity contribution is 0.306. The summed E-state index contributed by atoms with van der Waals surface area (Å²) in [6, 6.07) is 24.7. The number of ether oxygens (including phenoxy) is 1. The minimum atomic E-state index is 0.585. The van der Waals surface area contributed by atoms with Gasteiger partial charge in [0.2, 0.25) is 0 Å². The minimum Gasteiger partial charge on any atom is -0.489 e. The van der Waals surface area contributed by atoms with Crippen LogP contribution in [0.25, 0.3) is 0 Å². The van der Waals surface area contributed by atoms with Crippen LogP contribution in [0.3, 0.4) is 0 Å². The first-order chi connectivity index (χ1) is 12.2. The van der Waals surface area contributed by atoms with Crippen molar-refractivity contribution in [2.24, 2.45) is 0 Å². The van der Waals surface area contributed by atoms with Gasteiger partial charge in [-0.2, -0.15) is 0 Å². The Morgan fingerprint density at radius 2 is 1.60 bits per heavy atom. The van der Waals surface area contributed by atoms with Gasteiger partial charge in [0.25, 0.3) is 0 Å². The van der Waals surface area contributed by atoms with E-state index in [0.717, 1.165) is 26.5 Å². The van der Waals surface area contributed by atoms with Crippen LogP contribution in [-0.4, -0.2) is 4.43 Å². The third-order valence-corrected chi connectivity index (χ3v) is 5.58. The van der Waals surface area contributed by atoms with Crippen molar-refractivity contribution < 1.29 is 4.74 Å². The lowest BCUT2D eigenvalue weighted by Crippen LogP contribution is -1.94. The molecule has 0 saturated heterocycles. The Bertz CT molecular complexity index is 806. The van der Waals surface area contributed by atoms with Gasteiger partial charge in [0.1, 0.15) is 12.4 Å². The van der Waals surface area contributed by atoms with Crippen LogP contribution in [-0.2, 0) is 13.0 Å². The van der Waals surface area contributed by atoms with Crippen molar-refractivity contribution in [1.82, 2.24) is 0 Å². The molecule has 0 radical (unpaired) electrons. The zero-order valence-electron chi connectivity index (χ0n) is 13.6. The molecule has 0 amide bonds. The monoisotopic (exact) mass is 480 g/mol. The van der Waals surface area contributed by atoms with Crippen molar-refractivity contribution in [3.8, 4) is 5.75 Å². The Morgan fingerprint density at radius 1 is 0.880 bits per heavy atom. The molecule has 3 rings (SSSR count). The quantitative estimate of drug-likeness (QED) is 0.265. The fraction of sp³-hybridized carbons (Fsp3) is 0.143. The molecule has 0 N–H and O–H groups in total. The van der Waals surface area contributed by atoms with Crippen molar-refractivity contribution in [3.63, 3.8) is 0 Å². The number of hydrogen-bond acceptors (Lipinski definition) is 2. The zero-order valence-corrected chi connectivity index (χ0v) is 17.4. The highest BCUT2D eigenvalue weighted by Gasteiger charge is 2.04. The molecule has 3 aromatic carbocycles. The average molecular weight is 481 g/mol. The maximum Gasteiger partial charge on any atom is 0.119 e. The van der Waals surface area contributed by atoms with Gasteiger partial charge in [-0.3, -0.25) is 0 Å². The first-order valence-electron chi connectivity index (χ1n) is 8.03. The van der Waals surface area contributed by atoms with E-state index in [4.69, 9.17) is 16.3 Å². The van der Waals surface area contributed by atoms with Crippen molar-refractivity contribution in [3.05, 3.63) is 88.9 Å². The summed E-state index contributed by atoms with van der Waals surface area (Å²) in [5.74, 6) is 0.878. The van der Waals surface area contributed by atoms with E-state index >= 15 is 0 Å². The van der Waals surface area contributed by atoms with Crippen LogP contribution in [0.4, 0.5) is 0 Å². The topological polar surface area (TPSA) is 9.23 Å². The Balaban J connectivity index is 1.60. The molecule has 1 nitrogen and oxygen atoms in total. The molecule has 0 heterocycles. The highest BCUT2D eigenvalue weighted by atomic mass is 127. The molecule has 0 aromatic heterocycles. The molecule has 0 unspecified atom stereocenters. The Kier molecular flexibility index (Phi) is 7.08. The molecule has 0 aliphatic rings. The van der Waals surface area contributed by atoms with E-state index in [1.807, 2.05) is 36.4 Å². The fourth-order valence-corrected chi connectivity index (χ4v) is 4.15. The van der Waals surface area contributed by atoms with E-state index in [-0.39, 0.29) is 0 Å². The molecule has 0 aliphatic carbocycles. The fourth-order valence-electron chi connectivity index (χ4n) is 2.38. The molecule has 25 heavy (non-hydrogen) atoms. The first-order valence-corrected chi connectivity index (χ1v) is 10.8. The third kappa shape index (κ3) is 5.66. The van der Waals surface area contributed by atoms with E-state index in [9.17, 15) is 0 Å². The number of halogens is 2. The van der Waals surface area contributed by atoms with Crippen LogP contribution in [0, 0.1) is 0 Å². The summed E-state index contributed by atoms with van der Waals surface area (Å²) < 4.78 is 6.91. The number of alkyl halides is 1. The van der Waals surface area contributed by atoms with E-state index in [1.165, 1.54) is 16.0 Å². The number of aryl methyl sites for hydroxylation is 1. The SMILES string of the molecule is Clc1cc(Sc2ccc(OCc3ccccc3)cc2)ccc1CCI. The van der Waals surface area contributed by atoms with Gasteiger partial charge < -0.3 is 4.74 Å². The third-order valence-electron chi connectivity index (χ3n) is 3.70. The molecule has 0 spiro atoms. The van der Waals surface area contributed by atoms with Gasteiger partial charge in [0.15, 0.2) is 0 Å². The summed E-state index contributed by atoms with van der Waals surface area (Å²) in [4.78, 5) is 2.32. The summed E-state index contributed by atoms with van der Waals surface area (Å²) in [5.41, 5.74) is 2.38. The molecule has 0 aliphatic heterocycles. The van der Waals surface area contributed by atoms with Crippen molar-refractivity contribution in [2.45, 2.75) is 22.8 Å². The summed E-state index contributed by atoms with van der Waals surface area (Å²) in [5, 5.41) is 0.851. The van der Waals surface area contributed by atoms with Gasteiger partial charge in [-0.15, -0.1) is 0 Å². The largest absolute Gasteiger partial charge is 0.489 e. The van der Waals surface area contributed by atoms with Crippen molar-refractivity contribution in [2.75, 3.05) is 4.43 Å². The molecule has 0 atom stereocenters. The van der Waals surface area contributed by atoms with Crippen LogP contribution in [0.1, 0.15) is 11.1 Å². The van der Waals surface area contributed by atoms with Crippen LogP contribution in [0.5, 0.6) is 5.75 Å². The van der Waals surface area contributed by atoms with Crippen molar-refractivity contribution in [1.29, 1.82) is 0 Å². The standard InChI is InChI=1S/C21H18ClIOS/c22-21-14-20(9-6-17(21)12-13-23)25-19-10-7-18(8-11-19)24-15-16-4-2-1-3-5-16/h1-11,14H,12-13,15H2. The summed E-state index contributed by atoms with van der Waals surface area (Å²) in [6.45, 7) is 0.585. The average Bonchev–Trinajstić information content (AvgIpc) is 2.64. The van der Waals surface area contributed by atoms with Gasteiger partial charge >= 0.3 is 0 Å². The lowest BCUT2D eigenvalue weighted by atomic mass is 10.2. The van der Waals surface area contributed by atoms with Gasteiger partial charge in [-0.05, 0) is 53.9 Å². The maximum absolute atomic E-state index is 6.36. The minimum absolute atomic E-state index is 0.585. The van der Waals surface area contributed by atoms with E-state index in [2.05, 4.69) is 59.0 Å². The Labute approximate surface area is 171 Å². The molecule has 4 heteroatoms. The van der Waals surface area contributed by atoms with Gasteiger partial charge in [-0.25, -0.2) is 0 Å². The number of benzene rings is 3. The number of rotatable bonds is 7. The van der Waals surface area contributed by atoms with Crippen LogP contribution in [0.15, 0.2) is 82.6 Å². The summed E-state index contributed by atoms with van der Waals surface area (Å²) in [7, 11) is 0.